The predicted octanol–water partition coefficient (Wildman–Crippen LogP) is 4.62. The number of esters is 1. The SMILES string of the molecule is COC(=O)c1cn(C(=O)[C@H]2CCCN(S(=O)(=O)Cc3ccc(Cl)c(Cl)c3)C2)c2ccccc12. The van der Waals surface area contributed by atoms with E-state index in [0.717, 1.165) is 0 Å². The van der Waals surface area contributed by atoms with Crippen molar-refractivity contribution in [2.24, 2.45) is 5.92 Å². The van der Waals surface area contributed by atoms with Crippen LogP contribution < -0.4 is 0 Å². The molecule has 1 atom stereocenters. The fourth-order valence-corrected chi connectivity index (χ4v) is 6.08. The Morgan fingerprint density at radius 1 is 1.12 bits per heavy atom. The Bertz CT molecular complexity index is 1340. The van der Waals surface area contributed by atoms with Crippen LogP contribution in [0.4, 0.5) is 0 Å². The van der Waals surface area contributed by atoms with E-state index in [1.165, 1.54) is 28.2 Å². The number of ether oxygens (including phenoxy) is 1. The fourth-order valence-electron chi connectivity index (χ4n) is 4.16. The van der Waals surface area contributed by atoms with Crippen LogP contribution in [0.5, 0.6) is 0 Å². The van der Waals surface area contributed by atoms with Crippen LogP contribution in [-0.4, -0.2) is 49.4 Å². The summed E-state index contributed by atoms with van der Waals surface area (Å²) in [4.78, 5) is 25.6. The summed E-state index contributed by atoms with van der Waals surface area (Å²) in [5, 5.41) is 1.25. The average Bonchev–Trinajstić information content (AvgIpc) is 3.20. The molecule has 0 spiro atoms. The molecule has 1 aromatic heterocycles. The number of sulfonamides is 1. The van der Waals surface area contributed by atoms with Crippen LogP contribution in [0.3, 0.4) is 0 Å². The zero-order valence-corrected chi connectivity index (χ0v) is 20.2. The van der Waals surface area contributed by atoms with Crippen LogP contribution >= 0.6 is 23.2 Å². The Kier molecular flexibility index (Phi) is 6.81. The lowest BCUT2D eigenvalue weighted by molar-refractivity contribution is 0.0603. The minimum atomic E-state index is -3.67. The molecule has 4 rings (SSSR count). The van der Waals surface area contributed by atoms with Gasteiger partial charge in [-0.3, -0.25) is 9.36 Å². The number of benzene rings is 2. The van der Waals surface area contributed by atoms with Crippen molar-refractivity contribution in [3.05, 3.63) is 69.8 Å². The van der Waals surface area contributed by atoms with Crippen molar-refractivity contribution in [3.8, 4) is 0 Å². The molecule has 7 nitrogen and oxygen atoms in total. The quantitative estimate of drug-likeness (QED) is 0.469. The maximum absolute atomic E-state index is 13.4. The van der Waals surface area contributed by atoms with E-state index in [2.05, 4.69) is 0 Å². The fraction of sp³-hybridized carbons (Fsp3) is 0.304. The second-order valence-electron chi connectivity index (χ2n) is 7.96. The molecule has 1 fully saturated rings. The molecule has 1 saturated heterocycles. The topological polar surface area (TPSA) is 85.7 Å². The first-order valence-corrected chi connectivity index (χ1v) is 12.7. The van der Waals surface area contributed by atoms with E-state index in [1.807, 2.05) is 0 Å². The van der Waals surface area contributed by atoms with E-state index in [4.69, 9.17) is 27.9 Å². The van der Waals surface area contributed by atoms with Gasteiger partial charge < -0.3 is 4.74 Å². The number of carbonyl (C=O) groups excluding carboxylic acids is 2. The third-order valence-corrected chi connectivity index (χ3v) is 8.37. The van der Waals surface area contributed by atoms with Gasteiger partial charge in [-0.1, -0.05) is 47.5 Å². The van der Waals surface area contributed by atoms with Crippen molar-refractivity contribution in [2.45, 2.75) is 18.6 Å². The van der Waals surface area contributed by atoms with Crippen molar-refractivity contribution in [1.82, 2.24) is 8.87 Å². The van der Waals surface area contributed by atoms with Crippen molar-refractivity contribution in [2.75, 3.05) is 20.2 Å². The van der Waals surface area contributed by atoms with Crippen molar-refractivity contribution < 1.29 is 22.7 Å². The lowest BCUT2D eigenvalue weighted by Gasteiger charge is -2.31. The molecule has 33 heavy (non-hydrogen) atoms. The summed E-state index contributed by atoms with van der Waals surface area (Å²) in [6.07, 6.45) is 2.58. The minimum absolute atomic E-state index is 0.0720. The first kappa shape index (κ1) is 23.8. The number of para-hydroxylation sites is 1. The smallest absolute Gasteiger partial charge is 0.340 e. The molecule has 2 heterocycles. The van der Waals surface area contributed by atoms with Gasteiger partial charge in [0.1, 0.15) is 0 Å². The molecule has 0 aliphatic carbocycles. The molecule has 3 aromatic rings. The van der Waals surface area contributed by atoms with Crippen LogP contribution in [0.1, 0.15) is 33.6 Å². The number of piperidine rings is 1. The Morgan fingerprint density at radius 3 is 2.61 bits per heavy atom. The molecule has 0 N–H and O–H groups in total. The maximum atomic E-state index is 13.4. The van der Waals surface area contributed by atoms with Crippen LogP contribution in [0.2, 0.25) is 10.0 Å². The summed E-state index contributed by atoms with van der Waals surface area (Å²) < 4.78 is 33.8. The highest BCUT2D eigenvalue weighted by Crippen LogP contribution is 2.28. The highest BCUT2D eigenvalue weighted by molar-refractivity contribution is 7.88. The molecule has 2 aromatic carbocycles. The number of aromatic nitrogens is 1. The van der Waals surface area contributed by atoms with E-state index >= 15 is 0 Å². The average molecular weight is 509 g/mol. The van der Waals surface area contributed by atoms with Gasteiger partial charge in [-0.05, 0) is 36.6 Å². The lowest BCUT2D eigenvalue weighted by atomic mass is 9.98. The van der Waals surface area contributed by atoms with Crippen LogP contribution in [0.15, 0.2) is 48.7 Å². The predicted molar refractivity (Wildman–Crippen MR) is 127 cm³/mol. The molecule has 1 aliphatic rings. The number of carbonyl (C=O) groups is 2. The minimum Gasteiger partial charge on any atom is -0.465 e. The first-order chi connectivity index (χ1) is 15.7. The molecule has 0 saturated carbocycles. The van der Waals surface area contributed by atoms with E-state index in [1.54, 1.807) is 36.4 Å². The van der Waals surface area contributed by atoms with Gasteiger partial charge in [-0.15, -0.1) is 0 Å². The summed E-state index contributed by atoms with van der Waals surface area (Å²) in [7, 11) is -2.39. The normalized spacial score (nSPS) is 17.2. The van der Waals surface area contributed by atoms with Crippen LogP contribution in [-0.2, 0) is 20.5 Å². The number of hydrogen-bond acceptors (Lipinski definition) is 5. The molecular formula is C23H22Cl2N2O5S. The zero-order valence-electron chi connectivity index (χ0n) is 17.8. The van der Waals surface area contributed by atoms with Gasteiger partial charge in [0.05, 0.1) is 39.9 Å². The highest BCUT2D eigenvalue weighted by atomic mass is 35.5. The number of hydrogen-bond donors (Lipinski definition) is 0. The van der Waals surface area contributed by atoms with Gasteiger partial charge in [-0.25, -0.2) is 17.5 Å². The molecule has 0 unspecified atom stereocenters. The molecular weight excluding hydrogens is 487 g/mol. The summed E-state index contributed by atoms with van der Waals surface area (Å²) in [5.41, 5.74) is 1.40. The van der Waals surface area contributed by atoms with Crippen LogP contribution in [0.25, 0.3) is 10.9 Å². The van der Waals surface area contributed by atoms with E-state index < -0.39 is 21.9 Å². The summed E-state index contributed by atoms with van der Waals surface area (Å²) in [6.45, 7) is 0.413. The lowest BCUT2D eigenvalue weighted by Crippen LogP contribution is -2.43. The van der Waals surface area contributed by atoms with Gasteiger partial charge in [0, 0.05) is 24.7 Å². The third-order valence-electron chi connectivity index (χ3n) is 5.81. The van der Waals surface area contributed by atoms with Gasteiger partial charge in [0.2, 0.25) is 15.9 Å². The van der Waals surface area contributed by atoms with Crippen molar-refractivity contribution >= 4 is 56.0 Å². The largest absolute Gasteiger partial charge is 0.465 e. The monoisotopic (exact) mass is 508 g/mol. The van der Waals surface area contributed by atoms with Gasteiger partial charge in [0.15, 0.2) is 0 Å². The summed E-state index contributed by atoms with van der Waals surface area (Å²) in [6, 6.07) is 11.8. The van der Waals surface area contributed by atoms with E-state index in [0.29, 0.717) is 46.4 Å². The molecule has 0 bridgehead atoms. The number of halogens is 2. The highest BCUT2D eigenvalue weighted by Gasteiger charge is 2.34. The Labute approximate surface area is 201 Å². The molecule has 0 amide bonds. The zero-order chi connectivity index (χ0) is 23.8. The van der Waals surface area contributed by atoms with Crippen LogP contribution in [0, 0.1) is 5.92 Å². The van der Waals surface area contributed by atoms with Crippen molar-refractivity contribution in [3.63, 3.8) is 0 Å². The van der Waals surface area contributed by atoms with Gasteiger partial charge >= 0.3 is 5.97 Å². The van der Waals surface area contributed by atoms with E-state index in [9.17, 15) is 18.0 Å². The number of rotatable bonds is 5. The number of nitrogens with zero attached hydrogens (tertiary/aromatic N) is 2. The standard InChI is InChI=1S/C23H22Cl2N2O5S/c1-32-23(29)18-13-27(21-7-3-2-6-17(18)21)22(28)16-5-4-10-26(12-16)33(30,31)14-15-8-9-19(24)20(25)11-15/h2-3,6-9,11,13,16H,4-5,10,12,14H2,1H3/t16-/m0/s1. The van der Waals surface area contributed by atoms with Gasteiger partial charge in [0.25, 0.3) is 0 Å². The Hall–Kier alpha value is -2.39. The second-order valence-corrected chi connectivity index (χ2v) is 10.7. The molecule has 0 radical (unpaired) electrons. The first-order valence-electron chi connectivity index (χ1n) is 10.4. The number of fused-ring (bicyclic) bond motifs is 1. The summed E-state index contributed by atoms with van der Waals surface area (Å²) >= 11 is 11.9. The molecule has 10 heteroatoms. The molecule has 174 valence electrons. The molecule has 1 aliphatic heterocycles. The Morgan fingerprint density at radius 2 is 1.88 bits per heavy atom. The van der Waals surface area contributed by atoms with E-state index in [-0.39, 0.29) is 23.2 Å². The Balaban J connectivity index is 1.58. The van der Waals surface area contributed by atoms with Crippen molar-refractivity contribution in [1.29, 1.82) is 0 Å². The summed E-state index contributed by atoms with van der Waals surface area (Å²) in [5.74, 6) is -1.56. The van der Waals surface area contributed by atoms with Gasteiger partial charge in [-0.2, -0.15) is 0 Å². The third kappa shape index (κ3) is 4.80. The number of methoxy groups -OCH3 is 1. The maximum Gasteiger partial charge on any atom is 0.340 e. The second kappa shape index (κ2) is 9.46.